The summed E-state index contributed by atoms with van der Waals surface area (Å²) in [6.07, 6.45) is -4.56. The SMILES string of the molecule is Cc1ccc(C2=C(SC(C)C)C(=O)N(c3cccc(C(F)(F)F)c3)C2=O)cc1. The van der Waals surface area contributed by atoms with E-state index in [0.29, 0.717) is 5.56 Å². The van der Waals surface area contributed by atoms with Gasteiger partial charge in [0, 0.05) is 5.25 Å². The van der Waals surface area contributed by atoms with Crippen LogP contribution in [0.3, 0.4) is 0 Å². The van der Waals surface area contributed by atoms with Gasteiger partial charge in [-0.3, -0.25) is 9.59 Å². The molecule has 0 N–H and O–H groups in total. The third-order valence-corrected chi connectivity index (χ3v) is 5.25. The fraction of sp³-hybridized carbons (Fsp3) is 0.238. The number of rotatable bonds is 4. The Balaban J connectivity index is 2.09. The first-order valence-electron chi connectivity index (χ1n) is 8.63. The van der Waals surface area contributed by atoms with Gasteiger partial charge in [0.05, 0.1) is 21.7 Å². The second-order valence-electron chi connectivity index (χ2n) is 6.73. The summed E-state index contributed by atoms with van der Waals surface area (Å²) >= 11 is 1.23. The molecule has 0 aromatic heterocycles. The van der Waals surface area contributed by atoms with Crippen molar-refractivity contribution in [2.45, 2.75) is 32.2 Å². The minimum Gasteiger partial charge on any atom is -0.268 e. The number of carbonyl (C=O) groups excluding carboxylic acids is 2. The number of halogens is 3. The number of carbonyl (C=O) groups is 2. The summed E-state index contributed by atoms with van der Waals surface area (Å²) < 4.78 is 39.2. The number of hydrogen-bond acceptors (Lipinski definition) is 3. The van der Waals surface area contributed by atoms with Gasteiger partial charge in [0.25, 0.3) is 11.8 Å². The molecule has 146 valence electrons. The van der Waals surface area contributed by atoms with Crippen molar-refractivity contribution in [1.82, 2.24) is 0 Å². The highest BCUT2D eigenvalue weighted by Crippen LogP contribution is 2.41. The molecule has 0 aliphatic carbocycles. The van der Waals surface area contributed by atoms with Crippen LogP contribution in [0.15, 0.2) is 53.4 Å². The molecule has 0 unspecified atom stereocenters. The second kappa shape index (κ2) is 7.47. The molecule has 28 heavy (non-hydrogen) atoms. The number of nitrogens with zero attached hydrogens (tertiary/aromatic N) is 1. The third kappa shape index (κ3) is 3.85. The van der Waals surface area contributed by atoms with Crippen LogP contribution >= 0.6 is 11.8 Å². The van der Waals surface area contributed by atoms with Gasteiger partial charge in [-0.1, -0.05) is 49.7 Å². The number of imide groups is 1. The lowest BCUT2D eigenvalue weighted by Gasteiger charge is -2.17. The molecule has 7 heteroatoms. The summed E-state index contributed by atoms with van der Waals surface area (Å²) in [6, 6.07) is 11.4. The molecule has 0 saturated carbocycles. The molecule has 1 heterocycles. The van der Waals surface area contributed by atoms with Crippen LogP contribution in [0.5, 0.6) is 0 Å². The van der Waals surface area contributed by atoms with Crippen molar-refractivity contribution >= 4 is 34.8 Å². The Bertz CT molecular complexity index is 962. The normalized spacial score (nSPS) is 15.2. The predicted molar refractivity (Wildman–Crippen MR) is 105 cm³/mol. The van der Waals surface area contributed by atoms with E-state index in [1.165, 1.54) is 23.9 Å². The molecule has 0 spiro atoms. The van der Waals surface area contributed by atoms with Crippen LogP contribution in [0.1, 0.15) is 30.5 Å². The Morgan fingerprint density at radius 2 is 1.61 bits per heavy atom. The number of hydrogen-bond donors (Lipinski definition) is 0. The Morgan fingerprint density at radius 1 is 0.964 bits per heavy atom. The quantitative estimate of drug-likeness (QED) is 0.636. The number of anilines is 1. The molecule has 0 fully saturated rings. The Morgan fingerprint density at radius 3 is 2.18 bits per heavy atom. The lowest BCUT2D eigenvalue weighted by Crippen LogP contribution is -2.31. The van der Waals surface area contributed by atoms with Gasteiger partial charge in [-0.2, -0.15) is 13.2 Å². The van der Waals surface area contributed by atoms with E-state index in [9.17, 15) is 22.8 Å². The first kappa shape index (κ1) is 20.2. The highest BCUT2D eigenvalue weighted by atomic mass is 32.2. The van der Waals surface area contributed by atoms with Crippen molar-refractivity contribution in [1.29, 1.82) is 0 Å². The molecule has 2 aromatic carbocycles. The largest absolute Gasteiger partial charge is 0.416 e. The number of thioether (sulfide) groups is 1. The fourth-order valence-corrected chi connectivity index (χ4v) is 3.87. The van der Waals surface area contributed by atoms with E-state index in [0.717, 1.165) is 22.6 Å². The Kier molecular flexibility index (Phi) is 5.39. The van der Waals surface area contributed by atoms with Crippen LogP contribution in [0, 0.1) is 6.92 Å². The minimum absolute atomic E-state index is 0.0219. The maximum atomic E-state index is 13.1. The molecular formula is C21H18F3NO2S. The molecule has 0 radical (unpaired) electrons. The first-order chi connectivity index (χ1) is 13.1. The molecule has 3 rings (SSSR count). The molecule has 0 saturated heterocycles. The predicted octanol–water partition coefficient (Wildman–Crippen LogP) is 5.44. The van der Waals surface area contributed by atoms with Gasteiger partial charge in [-0.05, 0) is 30.7 Å². The van der Waals surface area contributed by atoms with Crippen LogP contribution < -0.4 is 4.90 Å². The molecule has 3 nitrogen and oxygen atoms in total. The first-order valence-corrected chi connectivity index (χ1v) is 9.51. The molecule has 1 aliphatic rings. The van der Waals surface area contributed by atoms with Gasteiger partial charge in [-0.15, -0.1) is 11.8 Å². The summed E-state index contributed by atoms with van der Waals surface area (Å²) in [7, 11) is 0. The topological polar surface area (TPSA) is 37.4 Å². The standard InChI is InChI=1S/C21H18F3NO2S/c1-12(2)28-18-17(14-9-7-13(3)8-10-14)19(26)25(20(18)27)16-6-4-5-15(11-16)21(22,23)24/h4-12H,1-3H3. The van der Waals surface area contributed by atoms with Gasteiger partial charge >= 0.3 is 6.18 Å². The monoisotopic (exact) mass is 405 g/mol. The van der Waals surface area contributed by atoms with Gasteiger partial charge in [0.15, 0.2) is 0 Å². The molecular weight excluding hydrogens is 387 g/mol. The van der Waals surface area contributed by atoms with Crippen LogP contribution in [-0.4, -0.2) is 17.1 Å². The summed E-state index contributed by atoms with van der Waals surface area (Å²) in [4.78, 5) is 27.2. The fourth-order valence-electron chi connectivity index (χ4n) is 2.89. The van der Waals surface area contributed by atoms with E-state index in [2.05, 4.69) is 0 Å². The van der Waals surface area contributed by atoms with E-state index in [1.807, 2.05) is 32.9 Å². The van der Waals surface area contributed by atoms with Gasteiger partial charge in [0.2, 0.25) is 0 Å². The molecule has 2 aromatic rings. The lowest BCUT2D eigenvalue weighted by atomic mass is 10.0. The lowest BCUT2D eigenvalue weighted by molar-refractivity contribution is -0.137. The Hall–Kier alpha value is -2.54. The maximum absolute atomic E-state index is 13.1. The van der Waals surface area contributed by atoms with E-state index in [-0.39, 0.29) is 21.4 Å². The third-order valence-electron chi connectivity index (χ3n) is 4.17. The highest BCUT2D eigenvalue weighted by Gasteiger charge is 2.41. The second-order valence-corrected chi connectivity index (χ2v) is 8.32. The van der Waals surface area contributed by atoms with E-state index in [4.69, 9.17) is 0 Å². The van der Waals surface area contributed by atoms with Crippen LogP contribution in [0.4, 0.5) is 18.9 Å². The van der Waals surface area contributed by atoms with Gasteiger partial charge < -0.3 is 0 Å². The number of amides is 2. The van der Waals surface area contributed by atoms with Gasteiger partial charge in [0.1, 0.15) is 0 Å². The molecule has 2 amide bonds. The number of alkyl halides is 3. The van der Waals surface area contributed by atoms with Crippen LogP contribution in [0.2, 0.25) is 0 Å². The van der Waals surface area contributed by atoms with E-state index in [1.54, 1.807) is 12.1 Å². The smallest absolute Gasteiger partial charge is 0.268 e. The number of benzene rings is 2. The van der Waals surface area contributed by atoms with E-state index < -0.39 is 23.6 Å². The Labute approximate surface area is 165 Å². The van der Waals surface area contributed by atoms with Crippen molar-refractivity contribution in [2.24, 2.45) is 0 Å². The summed E-state index contributed by atoms with van der Waals surface area (Å²) in [5.74, 6) is -1.21. The van der Waals surface area contributed by atoms with Crippen molar-refractivity contribution < 1.29 is 22.8 Å². The molecule has 0 bridgehead atoms. The zero-order valence-corrected chi connectivity index (χ0v) is 16.3. The maximum Gasteiger partial charge on any atom is 0.416 e. The highest BCUT2D eigenvalue weighted by molar-refractivity contribution is 8.04. The van der Waals surface area contributed by atoms with E-state index >= 15 is 0 Å². The van der Waals surface area contributed by atoms with Crippen molar-refractivity contribution in [3.8, 4) is 0 Å². The average Bonchev–Trinajstić information content (AvgIpc) is 2.85. The zero-order valence-electron chi connectivity index (χ0n) is 15.5. The summed E-state index contributed by atoms with van der Waals surface area (Å²) in [5.41, 5.74) is 0.790. The van der Waals surface area contributed by atoms with Crippen molar-refractivity contribution in [3.05, 3.63) is 70.1 Å². The molecule has 1 aliphatic heterocycles. The summed E-state index contributed by atoms with van der Waals surface area (Å²) in [6.45, 7) is 5.67. The van der Waals surface area contributed by atoms with Crippen LogP contribution in [-0.2, 0) is 15.8 Å². The average molecular weight is 405 g/mol. The zero-order chi connectivity index (χ0) is 20.6. The number of aryl methyl sites for hydroxylation is 1. The van der Waals surface area contributed by atoms with Crippen molar-refractivity contribution in [3.63, 3.8) is 0 Å². The summed E-state index contributed by atoms with van der Waals surface area (Å²) in [5, 5.41) is 0.0219. The molecule has 0 atom stereocenters. The van der Waals surface area contributed by atoms with Crippen LogP contribution in [0.25, 0.3) is 5.57 Å². The minimum atomic E-state index is -4.56. The van der Waals surface area contributed by atoms with Crippen molar-refractivity contribution in [2.75, 3.05) is 4.90 Å². The van der Waals surface area contributed by atoms with Gasteiger partial charge in [-0.25, -0.2) is 4.90 Å².